The van der Waals surface area contributed by atoms with E-state index < -0.39 is 20.7 Å². The molecule has 0 heterocycles. The van der Waals surface area contributed by atoms with Crippen LogP contribution in [0.25, 0.3) is 0 Å². The summed E-state index contributed by atoms with van der Waals surface area (Å²) >= 11 is 4.82. The Morgan fingerprint density at radius 3 is 2.86 bits per heavy atom. The summed E-state index contributed by atoms with van der Waals surface area (Å²) in [6.07, 6.45) is 2.54. The van der Waals surface area contributed by atoms with Crippen molar-refractivity contribution in [1.29, 1.82) is 0 Å². The number of sulfonamides is 1. The smallest absolute Gasteiger partial charge is 0.243 e. The van der Waals surface area contributed by atoms with Gasteiger partial charge in [-0.3, -0.25) is 0 Å². The number of nitrogens with one attached hydrogen (secondary N) is 1. The lowest BCUT2D eigenvalue weighted by Gasteiger charge is -2.15. The van der Waals surface area contributed by atoms with E-state index in [0.717, 1.165) is 31.1 Å². The highest BCUT2D eigenvalue weighted by atomic mass is 79.9. The third kappa shape index (κ3) is 4.12. The van der Waals surface area contributed by atoms with Gasteiger partial charge in [-0.2, -0.15) is 11.8 Å². The summed E-state index contributed by atoms with van der Waals surface area (Å²) in [5.74, 6) is 0.204. The molecule has 1 aliphatic rings. The second-order valence-corrected chi connectivity index (χ2v) is 9.14. The molecule has 3 N–H and O–H groups in total. The van der Waals surface area contributed by atoms with Crippen LogP contribution in [-0.4, -0.2) is 25.5 Å². The maximum absolute atomic E-state index is 14.0. The molecule has 0 amide bonds. The first-order chi connectivity index (χ1) is 9.83. The minimum atomic E-state index is -3.90. The van der Waals surface area contributed by atoms with Crippen molar-refractivity contribution in [2.45, 2.75) is 42.4 Å². The van der Waals surface area contributed by atoms with E-state index in [-0.39, 0.29) is 16.2 Å². The van der Waals surface area contributed by atoms with Crippen LogP contribution in [-0.2, 0) is 10.0 Å². The minimum absolute atomic E-state index is 0.0497. The lowest BCUT2D eigenvalue weighted by Crippen LogP contribution is -2.33. The highest BCUT2D eigenvalue weighted by molar-refractivity contribution is 9.10. The van der Waals surface area contributed by atoms with Gasteiger partial charge in [-0.15, -0.1) is 0 Å². The largest absolute Gasteiger partial charge is 0.399 e. The summed E-state index contributed by atoms with van der Waals surface area (Å²) in [5, 5.41) is 0.472. The van der Waals surface area contributed by atoms with E-state index in [2.05, 4.69) is 27.6 Å². The summed E-state index contributed by atoms with van der Waals surface area (Å²) in [4.78, 5) is -0.402. The lowest BCUT2D eigenvalue weighted by molar-refractivity contribution is 0.535. The van der Waals surface area contributed by atoms with Crippen LogP contribution in [0.5, 0.6) is 0 Å². The van der Waals surface area contributed by atoms with E-state index in [1.807, 2.05) is 11.8 Å². The Morgan fingerprint density at radius 2 is 2.19 bits per heavy atom. The van der Waals surface area contributed by atoms with Crippen LogP contribution in [0.3, 0.4) is 0 Å². The van der Waals surface area contributed by atoms with E-state index in [0.29, 0.717) is 5.25 Å². The molecule has 0 aromatic heterocycles. The van der Waals surface area contributed by atoms with Gasteiger partial charge in [0.05, 0.1) is 4.47 Å². The fourth-order valence-corrected chi connectivity index (χ4v) is 5.67. The van der Waals surface area contributed by atoms with Crippen molar-refractivity contribution < 1.29 is 12.8 Å². The second kappa shape index (κ2) is 6.85. The number of thioether (sulfide) groups is 1. The molecule has 21 heavy (non-hydrogen) atoms. The van der Waals surface area contributed by atoms with Gasteiger partial charge in [-0.1, -0.05) is 6.92 Å². The van der Waals surface area contributed by atoms with Crippen molar-refractivity contribution in [1.82, 2.24) is 4.72 Å². The predicted octanol–water partition coefficient (Wildman–Crippen LogP) is 3.12. The Balaban J connectivity index is 2.16. The van der Waals surface area contributed by atoms with Crippen LogP contribution in [0.2, 0.25) is 0 Å². The average molecular weight is 397 g/mol. The van der Waals surface area contributed by atoms with Crippen LogP contribution in [0, 0.1) is 5.82 Å². The zero-order valence-corrected chi connectivity index (χ0v) is 14.8. The fraction of sp³-hybridized carbons (Fsp3) is 0.538. The van der Waals surface area contributed by atoms with E-state index >= 15 is 0 Å². The second-order valence-electron chi connectivity index (χ2n) is 5.02. The molecule has 0 bridgehead atoms. The molecule has 1 aromatic carbocycles. The monoisotopic (exact) mass is 396 g/mol. The van der Waals surface area contributed by atoms with Crippen LogP contribution in [0.15, 0.2) is 21.5 Å². The van der Waals surface area contributed by atoms with E-state index in [9.17, 15) is 12.8 Å². The van der Waals surface area contributed by atoms with Gasteiger partial charge in [-0.25, -0.2) is 17.5 Å². The summed E-state index contributed by atoms with van der Waals surface area (Å²) in [7, 11) is -3.90. The third-order valence-electron chi connectivity index (χ3n) is 3.42. The number of nitrogens with two attached hydrogens (primary N) is 1. The van der Waals surface area contributed by atoms with Crippen LogP contribution < -0.4 is 10.5 Å². The van der Waals surface area contributed by atoms with Crippen molar-refractivity contribution >= 4 is 43.4 Å². The molecule has 1 aromatic rings. The first-order valence-electron chi connectivity index (χ1n) is 6.72. The summed E-state index contributed by atoms with van der Waals surface area (Å²) in [5.41, 5.74) is 5.81. The van der Waals surface area contributed by atoms with Crippen molar-refractivity contribution in [3.8, 4) is 0 Å². The first kappa shape index (κ1) is 17.1. The SMILES string of the molecule is CCSC1CCC(NS(=O)(=O)c2cc(N)cc(Br)c2F)C1. The maximum atomic E-state index is 14.0. The number of hydrogen-bond acceptors (Lipinski definition) is 4. The van der Waals surface area contributed by atoms with Gasteiger partial charge < -0.3 is 5.73 Å². The normalized spacial score (nSPS) is 22.6. The van der Waals surface area contributed by atoms with Crippen LogP contribution in [0.1, 0.15) is 26.2 Å². The maximum Gasteiger partial charge on any atom is 0.243 e. The molecule has 1 saturated carbocycles. The van der Waals surface area contributed by atoms with Gasteiger partial charge in [-0.05, 0) is 53.1 Å². The average Bonchev–Trinajstić information content (AvgIpc) is 2.80. The zero-order valence-electron chi connectivity index (χ0n) is 11.6. The molecule has 2 atom stereocenters. The van der Waals surface area contributed by atoms with Crippen molar-refractivity contribution in [2.24, 2.45) is 0 Å². The van der Waals surface area contributed by atoms with Gasteiger partial charge >= 0.3 is 0 Å². The Labute approximate surface area is 137 Å². The molecule has 118 valence electrons. The molecule has 2 unspecified atom stereocenters. The summed E-state index contributed by atoms with van der Waals surface area (Å²) in [6, 6.07) is 2.35. The van der Waals surface area contributed by atoms with Crippen LogP contribution >= 0.6 is 27.7 Å². The van der Waals surface area contributed by atoms with Gasteiger partial charge in [0.2, 0.25) is 10.0 Å². The van der Waals surface area contributed by atoms with Crippen molar-refractivity contribution in [2.75, 3.05) is 11.5 Å². The molecule has 2 rings (SSSR count). The molecule has 1 fully saturated rings. The molecule has 0 spiro atoms. The molecule has 4 nitrogen and oxygen atoms in total. The van der Waals surface area contributed by atoms with Gasteiger partial charge in [0.25, 0.3) is 0 Å². The Bertz CT molecular complexity index is 625. The Hall–Kier alpha value is -0.310. The van der Waals surface area contributed by atoms with Crippen molar-refractivity contribution in [3.63, 3.8) is 0 Å². The predicted molar refractivity (Wildman–Crippen MR) is 88.4 cm³/mol. The van der Waals surface area contributed by atoms with E-state index in [4.69, 9.17) is 5.73 Å². The zero-order chi connectivity index (χ0) is 15.6. The lowest BCUT2D eigenvalue weighted by atomic mass is 10.3. The van der Waals surface area contributed by atoms with Gasteiger partial charge in [0.1, 0.15) is 4.90 Å². The Kier molecular flexibility index (Phi) is 5.56. The first-order valence-corrected chi connectivity index (χ1v) is 10.0. The van der Waals surface area contributed by atoms with Gasteiger partial charge in [0.15, 0.2) is 5.82 Å². The highest BCUT2D eigenvalue weighted by Crippen LogP contribution is 2.31. The summed E-state index contributed by atoms with van der Waals surface area (Å²) in [6.45, 7) is 2.09. The molecule has 0 radical (unpaired) electrons. The molecule has 0 saturated heterocycles. The quantitative estimate of drug-likeness (QED) is 0.749. The summed E-state index contributed by atoms with van der Waals surface area (Å²) < 4.78 is 41.4. The third-order valence-corrected chi connectivity index (χ3v) is 6.75. The van der Waals surface area contributed by atoms with Gasteiger partial charge in [0, 0.05) is 17.0 Å². The van der Waals surface area contributed by atoms with E-state index in [1.54, 1.807) is 0 Å². The topological polar surface area (TPSA) is 72.2 Å². The fourth-order valence-electron chi connectivity index (χ4n) is 2.50. The number of nitrogen functional groups attached to an aromatic ring is 1. The van der Waals surface area contributed by atoms with Crippen molar-refractivity contribution in [3.05, 3.63) is 22.4 Å². The molecular formula is C13H18BrFN2O2S2. The number of hydrogen-bond donors (Lipinski definition) is 2. The number of halogens is 2. The molecule has 1 aliphatic carbocycles. The molecule has 0 aliphatic heterocycles. The minimum Gasteiger partial charge on any atom is -0.399 e. The number of benzene rings is 1. The molecule has 8 heteroatoms. The van der Waals surface area contributed by atoms with E-state index in [1.165, 1.54) is 6.07 Å². The molecular weight excluding hydrogens is 379 g/mol. The highest BCUT2D eigenvalue weighted by Gasteiger charge is 2.30. The standard InChI is InChI=1S/C13H18BrFN2O2S2/c1-2-20-10-4-3-9(7-10)17-21(18,19)12-6-8(16)5-11(14)13(12)15/h5-6,9-10,17H,2-4,7,16H2,1H3. The number of rotatable bonds is 5. The van der Waals surface area contributed by atoms with Crippen LogP contribution in [0.4, 0.5) is 10.1 Å². The Morgan fingerprint density at radius 1 is 1.48 bits per heavy atom. The number of anilines is 1.